The van der Waals surface area contributed by atoms with Crippen molar-refractivity contribution in [2.75, 3.05) is 13.4 Å². The topological polar surface area (TPSA) is 35.0 Å². The summed E-state index contributed by atoms with van der Waals surface area (Å²) in [5.41, 5.74) is 1.76. The van der Waals surface area contributed by atoms with Gasteiger partial charge >= 0.3 is 0 Å². The van der Waals surface area contributed by atoms with Crippen LogP contribution >= 0.6 is 46.0 Å². The minimum absolute atomic E-state index is 0.427. The van der Waals surface area contributed by atoms with Crippen LogP contribution in [0.5, 0.6) is 0 Å². The molecule has 0 saturated carbocycles. The van der Waals surface area contributed by atoms with Crippen LogP contribution in [0.2, 0.25) is 5.15 Å². The summed E-state index contributed by atoms with van der Waals surface area (Å²) in [6.45, 7) is 0.427. The highest BCUT2D eigenvalue weighted by atomic mass is 127. The molecule has 100 valence electrons. The van der Waals surface area contributed by atoms with Crippen molar-refractivity contribution in [1.29, 1.82) is 0 Å². The zero-order chi connectivity index (χ0) is 13.8. The molecule has 0 aliphatic heterocycles. The van der Waals surface area contributed by atoms with Crippen molar-refractivity contribution in [2.24, 2.45) is 0 Å². The maximum Gasteiger partial charge on any atom is 0.161 e. The van der Waals surface area contributed by atoms with Crippen LogP contribution in [0, 0.1) is 3.57 Å². The van der Waals surface area contributed by atoms with Crippen molar-refractivity contribution < 1.29 is 4.74 Å². The molecule has 1 aromatic carbocycles. The number of methoxy groups -OCH3 is 1. The van der Waals surface area contributed by atoms with E-state index in [0.717, 1.165) is 14.8 Å². The van der Waals surface area contributed by atoms with E-state index in [2.05, 4.69) is 32.6 Å². The van der Waals surface area contributed by atoms with Crippen LogP contribution in [0.25, 0.3) is 11.4 Å². The van der Waals surface area contributed by atoms with Crippen LogP contribution in [0.15, 0.2) is 29.2 Å². The van der Waals surface area contributed by atoms with Crippen LogP contribution in [-0.2, 0) is 11.3 Å². The summed E-state index contributed by atoms with van der Waals surface area (Å²) in [7, 11) is 1.64. The second kappa shape index (κ2) is 6.88. The maximum absolute atomic E-state index is 6.14. The molecule has 2 rings (SSSR count). The number of ether oxygens (including phenoxy) is 1. The van der Waals surface area contributed by atoms with Gasteiger partial charge in [-0.25, -0.2) is 9.97 Å². The van der Waals surface area contributed by atoms with Crippen LogP contribution < -0.4 is 0 Å². The van der Waals surface area contributed by atoms with Gasteiger partial charge in [0.1, 0.15) is 5.15 Å². The molecular formula is C13H12ClIN2OS. The third-order valence-corrected chi connectivity index (χ3v) is 4.98. The van der Waals surface area contributed by atoms with Gasteiger partial charge in [-0.15, -0.1) is 11.8 Å². The minimum atomic E-state index is 0.427. The van der Waals surface area contributed by atoms with E-state index in [1.807, 2.05) is 30.5 Å². The van der Waals surface area contributed by atoms with E-state index in [0.29, 0.717) is 17.6 Å². The molecule has 0 aliphatic carbocycles. The van der Waals surface area contributed by atoms with Crippen LogP contribution in [0.4, 0.5) is 0 Å². The molecule has 0 unspecified atom stereocenters. The van der Waals surface area contributed by atoms with E-state index >= 15 is 0 Å². The van der Waals surface area contributed by atoms with Crippen molar-refractivity contribution in [3.8, 4) is 11.4 Å². The molecule has 0 atom stereocenters. The Morgan fingerprint density at radius 2 is 1.95 bits per heavy atom. The van der Waals surface area contributed by atoms with Crippen LogP contribution in [0.3, 0.4) is 0 Å². The fraction of sp³-hybridized carbons (Fsp3) is 0.231. The van der Waals surface area contributed by atoms with Crippen molar-refractivity contribution in [3.05, 3.63) is 38.7 Å². The Morgan fingerprint density at radius 1 is 1.26 bits per heavy atom. The van der Waals surface area contributed by atoms with Crippen molar-refractivity contribution in [3.63, 3.8) is 0 Å². The second-order valence-corrected chi connectivity index (χ2v) is 6.08. The molecule has 0 amide bonds. The molecule has 1 aromatic heterocycles. The van der Waals surface area contributed by atoms with E-state index in [-0.39, 0.29) is 0 Å². The summed E-state index contributed by atoms with van der Waals surface area (Å²) in [5, 5.41) is 0.464. The lowest BCUT2D eigenvalue weighted by Gasteiger charge is -2.08. The van der Waals surface area contributed by atoms with Gasteiger partial charge in [0.25, 0.3) is 0 Å². The first-order chi connectivity index (χ1) is 9.15. The SMILES string of the molecule is COCc1nc(-c2ccc(SC)cc2)nc(Cl)c1I. The molecule has 0 fully saturated rings. The van der Waals surface area contributed by atoms with Crippen molar-refractivity contribution in [2.45, 2.75) is 11.5 Å². The average Bonchev–Trinajstić information content (AvgIpc) is 2.44. The lowest BCUT2D eigenvalue weighted by Crippen LogP contribution is -2.02. The normalized spacial score (nSPS) is 10.7. The first kappa shape index (κ1) is 15.0. The van der Waals surface area contributed by atoms with Gasteiger partial charge in [0.05, 0.1) is 15.9 Å². The highest BCUT2D eigenvalue weighted by molar-refractivity contribution is 14.1. The van der Waals surface area contributed by atoms with Gasteiger partial charge in [0, 0.05) is 17.6 Å². The molecular weight excluding hydrogens is 395 g/mol. The van der Waals surface area contributed by atoms with Gasteiger partial charge in [0.15, 0.2) is 5.82 Å². The largest absolute Gasteiger partial charge is 0.378 e. The Morgan fingerprint density at radius 3 is 2.53 bits per heavy atom. The van der Waals surface area contributed by atoms with Gasteiger partial charge in [0.2, 0.25) is 0 Å². The maximum atomic E-state index is 6.14. The molecule has 6 heteroatoms. The predicted molar refractivity (Wildman–Crippen MR) is 87.7 cm³/mol. The summed E-state index contributed by atoms with van der Waals surface area (Å²) in [6.07, 6.45) is 2.05. The lowest BCUT2D eigenvalue weighted by molar-refractivity contribution is 0.181. The predicted octanol–water partition coefficient (Wildman–Crippen LogP) is 4.27. The summed E-state index contributed by atoms with van der Waals surface area (Å²) < 4.78 is 5.97. The molecule has 1 heterocycles. The quantitative estimate of drug-likeness (QED) is 0.431. The van der Waals surface area contributed by atoms with Gasteiger partial charge in [-0.05, 0) is 41.0 Å². The Balaban J connectivity index is 2.43. The first-order valence-corrected chi connectivity index (χ1v) is 8.19. The van der Waals surface area contributed by atoms with E-state index in [1.54, 1.807) is 18.9 Å². The number of thioether (sulfide) groups is 1. The monoisotopic (exact) mass is 406 g/mol. The zero-order valence-corrected chi connectivity index (χ0v) is 14.2. The third kappa shape index (κ3) is 3.59. The number of halogens is 2. The van der Waals surface area contributed by atoms with Gasteiger partial charge in [-0.3, -0.25) is 0 Å². The molecule has 0 aliphatic rings. The smallest absolute Gasteiger partial charge is 0.161 e. The summed E-state index contributed by atoms with van der Waals surface area (Å²) in [4.78, 5) is 10.0. The Labute approximate surface area is 135 Å². The van der Waals surface area contributed by atoms with Crippen LogP contribution in [-0.4, -0.2) is 23.3 Å². The van der Waals surface area contributed by atoms with Gasteiger partial charge in [-0.1, -0.05) is 23.7 Å². The molecule has 0 bridgehead atoms. The average molecular weight is 407 g/mol. The fourth-order valence-electron chi connectivity index (χ4n) is 1.56. The fourth-order valence-corrected chi connectivity index (χ4v) is 2.56. The third-order valence-electron chi connectivity index (χ3n) is 2.51. The highest BCUT2D eigenvalue weighted by Crippen LogP contribution is 2.25. The van der Waals surface area contributed by atoms with E-state index in [4.69, 9.17) is 16.3 Å². The number of benzene rings is 1. The molecule has 0 saturated heterocycles. The van der Waals surface area contributed by atoms with Gasteiger partial charge in [-0.2, -0.15) is 0 Å². The van der Waals surface area contributed by atoms with E-state index in [1.165, 1.54) is 4.90 Å². The number of aromatic nitrogens is 2. The number of hydrogen-bond donors (Lipinski definition) is 0. The standard InChI is InChI=1S/C13H12ClIN2OS/c1-18-7-10-11(15)12(14)17-13(16-10)8-3-5-9(19-2)6-4-8/h3-6H,7H2,1-2H3. The Bertz CT molecular complexity index is 578. The highest BCUT2D eigenvalue weighted by Gasteiger charge is 2.11. The number of rotatable bonds is 4. The Kier molecular flexibility index (Phi) is 5.44. The first-order valence-electron chi connectivity index (χ1n) is 5.51. The number of hydrogen-bond acceptors (Lipinski definition) is 4. The van der Waals surface area contributed by atoms with Gasteiger partial charge < -0.3 is 4.74 Å². The number of nitrogens with zero attached hydrogens (tertiary/aromatic N) is 2. The molecule has 3 nitrogen and oxygen atoms in total. The molecule has 0 spiro atoms. The Hall–Kier alpha value is -0.370. The molecule has 0 N–H and O–H groups in total. The zero-order valence-electron chi connectivity index (χ0n) is 10.5. The van der Waals surface area contributed by atoms with E-state index < -0.39 is 0 Å². The van der Waals surface area contributed by atoms with E-state index in [9.17, 15) is 0 Å². The van der Waals surface area contributed by atoms with Crippen molar-refractivity contribution >= 4 is 46.0 Å². The molecule has 0 radical (unpaired) electrons. The molecule has 19 heavy (non-hydrogen) atoms. The van der Waals surface area contributed by atoms with Crippen molar-refractivity contribution in [1.82, 2.24) is 9.97 Å². The summed E-state index contributed by atoms with van der Waals surface area (Å²) in [5.74, 6) is 0.630. The van der Waals surface area contributed by atoms with Crippen LogP contribution in [0.1, 0.15) is 5.69 Å². The minimum Gasteiger partial charge on any atom is -0.378 e. The lowest BCUT2D eigenvalue weighted by atomic mass is 10.2. The summed E-state index contributed by atoms with van der Waals surface area (Å²) >= 11 is 9.98. The summed E-state index contributed by atoms with van der Waals surface area (Å²) in [6, 6.07) is 8.10. The second-order valence-electron chi connectivity index (χ2n) is 3.76. The molecule has 2 aromatic rings.